The van der Waals surface area contributed by atoms with Crippen molar-refractivity contribution < 1.29 is 9.53 Å². The van der Waals surface area contributed by atoms with Gasteiger partial charge in [0.1, 0.15) is 11.6 Å². The Balaban J connectivity index is 1.42. The minimum atomic E-state index is -0.129. The second-order valence-corrected chi connectivity index (χ2v) is 7.34. The molecule has 0 saturated carbocycles. The van der Waals surface area contributed by atoms with Gasteiger partial charge in [-0.1, -0.05) is 18.2 Å². The molecule has 2 unspecified atom stereocenters. The smallest absolute Gasteiger partial charge is 0.229 e. The van der Waals surface area contributed by atoms with Crippen LogP contribution in [0.2, 0.25) is 0 Å². The van der Waals surface area contributed by atoms with Crippen molar-refractivity contribution in [2.45, 2.75) is 13.0 Å². The first-order valence-electron chi connectivity index (χ1n) is 9.75. The number of piperazine rings is 1. The highest BCUT2D eigenvalue weighted by Crippen LogP contribution is 2.29. The summed E-state index contributed by atoms with van der Waals surface area (Å²) in [6.07, 6.45) is 1.83. The SMILES string of the molecule is COc1cccc(C2NNCC2C(=O)N2CCN(c3ncccc3C)CC2)c1. The number of amides is 1. The van der Waals surface area contributed by atoms with Crippen molar-refractivity contribution in [3.63, 3.8) is 0 Å². The molecule has 1 aromatic heterocycles. The van der Waals surface area contributed by atoms with Gasteiger partial charge in [-0.25, -0.2) is 10.4 Å². The average molecular weight is 381 g/mol. The van der Waals surface area contributed by atoms with E-state index in [0.29, 0.717) is 6.54 Å². The van der Waals surface area contributed by atoms with E-state index in [4.69, 9.17) is 4.74 Å². The minimum absolute atomic E-state index is 0.0568. The summed E-state index contributed by atoms with van der Waals surface area (Å²) in [7, 11) is 1.66. The number of aromatic nitrogens is 1. The molecular weight excluding hydrogens is 354 g/mol. The van der Waals surface area contributed by atoms with Crippen LogP contribution in [0.4, 0.5) is 5.82 Å². The van der Waals surface area contributed by atoms with E-state index in [2.05, 4.69) is 33.7 Å². The lowest BCUT2D eigenvalue weighted by molar-refractivity contribution is -0.135. The number of hydrogen-bond donors (Lipinski definition) is 2. The van der Waals surface area contributed by atoms with Crippen molar-refractivity contribution in [2.75, 3.05) is 44.7 Å². The first-order chi connectivity index (χ1) is 13.7. The molecule has 1 aromatic carbocycles. The van der Waals surface area contributed by atoms with Gasteiger partial charge in [0.25, 0.3) is 0 Å². The van der Waals surface area contributed by atoms with E-state index in [1.165, 1.54) is 5.56 Å². The Morgan fingerprint density at radius 2 is 2.00 bits per heavy atom. The molecule has 2 saturated heterocycles. The molecule has 0 spiro atoms. The summed E-state index contributed by atoms with van der Waals surface area (Å²) in [6, 6.07) is 11.9. The van der Waals surface area contributed by atoms with Gasteiger partial charge in [0.15, 0.2) is 0 Å². The van der Waals surface area contributed by atoms with Crippen LogP contribution >= 0.6 is 0 Å². The average Bonchev–Trinajstić information content (AvgIpc) is 3.24. The standard InChI is InChI=1S/C21H27N5O2/c1-15-5-4-8-22-20(15)25-9-11-26(12-10-25)21(27)18-14-23-24-19(18)16-6-3-7-17(13-16)28-2/h3-8,13,18-19,23-24H,9-12,14H2,1-2H3. The van der Waals surface area contributed by atoms with Crippen LogP contribution in [0.1, 0.15) is 17.2 Å². The quantitative estimate of drug-likeness (QED) is 0.837. The molecule has 0 aliphatic carbocycles. The van der Waals surface area contributed by atoms with Crippen molar-refractivity contribution in [2.24, 2.45) is 5.92 Å². The van der Waals surface area contributed by atoms with E-state index in [1.807, 2.05) is 41.4 Å². The van der Waals surface area contributed by atoms with Gasteiger partial charge in [-0.15, -0.1) is 0 Å². The van der Waals surface area contributed by atoms with Crippen LogP contribution in [-0.2, 0) is 4.79 Å². The highest BCUT2D eigenvalue weighted by atomic mass is 16.5. The van der Waals surface area contributed by atoms with Gasteiger partial charge < -0.3 is 14.5 Å². The highest BCUT2D eigenvalue weighted by molar-refractivity contribution is 5.81. The number of carbonyl (C=O) groups is 1. The zero-order valence-electron chi connectivity index (χ0n) is 16.4. The molecule has 7 heteroatoms. The van der Waals surface area contributed by atoms with Gasteiger partial charge in [-0.2, -0.15) is 0 Å². The van der Waals surface area contributed by atoms with Crippen molar-refractivity contribution >= 4 is 11.7 Å². The Morgan fingerprint density at radius 3 is 2.75 bits per heavy atom. The first-order valence-corrected chi connectivity index (χ1v) is 9.75. The lowest BCUT2D eigenvalue weighted by Crippen LogP contribution is -2.51. The third kappa shape index (κ3) is 3.68. The zero-order chi connectivity index (χ0) is 19.5. The fourth-order valence-electron chi connectivity index (χ4n) is 4.06. The number of nitrogens with one attached hydrogen (secondary N) is 2. The third-order valence-electron chi connectivity index (χ3n) is 5.62. The second kappa shape index (κ2) is 8.16. The molecular formula is C21H27N5O2. The van der Waals surface area contributed by atoms with Gasteiger partial charge in [0, 0.05) is 38.9 Å². The number of anilines is 1. The molecule has 2 fully saturated rings. The number of carbonyl (C=O) groups excluding carboxylic acids is 1. The molecule has 2 atom stereocenters. The molecule has 4 rings (SSSR count). The largest absolute Gasteiger partial charge is 0.497 e. The van der Waals surface area contributed by atoms with E-state index in [0.717, 1.165) is 43.3 Å². The maximum Gasteiger partial charge on any atom is 0.229 e. The van der Waals surface area contributed by atoms with Crippen LogP contribution in [0.25, 0.3) is 0 Å². The summed E-state index contributed by atoms with van der Waals surface area (Å²) >= 11 is 0. The van der Waals surface area contributed by atoms with Crippen LogP contribution in [0.3, 0.4) is 0 Å². The van der Waals surface area contributed by atoms with Crippen LogP contribution in [0, 0.1) is 12.8 Å². The predicted octanol–water partition coefficient (Wildman–Crippen LogP) is 1.51. The maximum absolute atomic E-state index is 13.2. The number of ether oxygens (including phenoxy) is 1. The van der Waals surface area contributed by atoms with Crippen LogP contribution in [-0.4, -0.2) is 55.6 Å². The van der Waals surface area contributed by atoms with Crippen molar-refractivity contribution in [1.29, 1.82) is 0 Å². The second-order valence-electron chi connectivity index (χ2n) is 7.34. The number of methoxy groups -OCH3 is 1. The number of aryl methyl sites for hydroxylation is 1. The molecule has 2 aliphatic rings. The van der Waals surface area contributed by atoms with Crippen LogP contribution in [0.15, 0.2) is 42.6 Å². The Morgan fingerprint density at radius 1 is 1.18 bits per heavy atom. The normalized spacial score (nSPS) is 22.4. The Kier molecular flexibility index (Phi) is 5.45. The number of nitrogens with zero attached hydrogens (tertiary/aromatic N) is 3. The molecule has 2 N–H and O–H groups in total. The highest BCUT2D eigenvalue weighted by Gasteiger charge is 2.37. The molecule has 3 heterocycles. The fraction of sp³-hybridized carbons (Fsp3) is 0.429. The van der Waals surface area contributed by atoms with E-state index in [1.54, 1.807) is 7.11 Å². The lowest BCUT2D eigenvalue weighted by Gasteiger charge is -2.37. The zero-order valence-corrected chi connectivity index (χ0v) is 16.4. The molecule has 7 nitrogen and oxygen atoms in total. The van der Waals surface area contributed by atoms with Gasteiger partial charge in [0.05, 0.1) is 19.1 Å². The molecule has 1 amide bonds. The third-order valence-corrected chi connectivity index (χ3v) is 5.62. The van der Waals surface area contributed by atoms with Crippen molar-refractivity contribution in [1.82, 2.24) is 20.7 Å². The minimum Gasteiger partial charge on any atom is -0.497 e. The molecule has 28 heavy (non-hydrogen) atoms. The van der Waals surface area contributed by atoms with E-state index < -0.39 is 0 Å². The Hall–Kier alpha value is -2.64. The Bertz CT molecular complexity index is 835. The van der Waals surface area contributed by atoms with Crippen LogP contribution < -0.4 is 20.5 Å². The summed E-state index contributed by atoms with van der Waals surface area (Å²) in [4.78, 5) is 22.0. The Labute approximate surface area is 165 Å². The number of rotatable bonds is 4. The number of benzene rings is 1. The molecule has 0 bridgehead atoms. The summed E-state index contributed by atoms with van der Waals surface area (Å²) in [6.45, 7) is 5.75. The van der Waals surface area contributed by atoms with Crippen molar-refractivity contribution in [3.05, 3.63) is 53.7 Å². The molecule has 2 aromatic rings. The summed E-state index contributed by atoms with van der Waals surface area (Å²) < 4.78 is 5.33. The summed E-state index contributed by atoms with van der Waals surface area (Å²) in [5, 5.41) is 0. The predicted molar refractivity (Wildman–Crippen MR) is 108 cm³/mol. The van der Waals surface area contributed by atoms with Gasteiger partial charge in [0.2, 0.25) is 5.91 Å². The van der Waals surface area contributed by atoms with Crippen molar-refractivity contribution in [3.8, 4) is 5.75 Å². The number of pyridine rings is 1. The van der Waals surface area contributed by atoms with E-state index >= 15 is 0 Å². The lowest BCUT2D eigenvalue weighted by atomic mass is 9.93. The van der Waals surface area contributed by atoms with Gasteiger partial charge in [-0.3, -0.25) is 10.2 Å². The molecule has 0 radical (unpaired) electrons. The fourth-order valence-corrected chi connectivity index (χ4v) is 4.06. The topological polar surface area (TPSA) is 69.7 Å². The monoisotopic (exact) mass is 381 g/mol. The number of hydrazine groups is 1. The van der Waals surface area contributed by atoms with Gasteiger partial charge in [-0.05, 0) is 36.2 Å². The van der Waals surface area contributed by atoms with E-state index in [9.17, 15) is 4.79 Å². The number of hydrogen-bond acceptors (Lipinski definition) is 6. The van der Waals surface area contributed by atoms with Crippen LogP contribution in [0.5, 0.6) is 5.75 Å². The summed E-state index contributed by atoms with van der Waals surface area (Å²) in [5.74, 6) is 1.89. The van der Waals surface area contributed by atoms with Gasteiger partial charge >= 0.3 is 0 Å². The molecule has 148 valence electrons. The molecule has 2 aliphatic heterocycles. The van der Waals surface area contributed by atoms with E-state index in [-0.39, 0.29) is 17.9 Å². The summed E-state index contributed by atoms with van der Waals surface area (Å²) in [5.41, 5.74) is 8.66. The first kappa shape index (κ1) is 18.7. The maximum atomic E-state index is 13.2.